The first-order valence-electron chi connectivity index (χ1n) is 6.08. The van der Waals surface area contributed by atoms with Crippen molar-refractivity contribution in [1.82, 2.24) is 10.4 Å². The zero-order chi connectivity index (χ0) is 15.6. The third-order valence-corrected chi connectivity index (χ3v) is 3.07. The van der Waals surface area contributed by atoms with E-state index in [4.69, 9.17) is 5.84 Å². The Morgan fingerprint density at radius 2 is 1.81 bits per heavy atom. The van der Waals surface area contributed by atoms with Crippen molar-refractivity contribution in [3.8, 4) is 0 Å². The Hall–Kier alpha value is -1.99. The van der Waals surface area contributed by atoms with E-state index in [-0.39, 0.29) is 5.56 Å². The van der Waals surface area contributed by atoms with Gasteiger partial charge in [0.25, 0.3) is 0 Å². The largest absolute Gasteiger partial charge is 0.419 e. The number of halogens is 4. The lowest BCUT2D eigenvalue weighted by Gasteiger charge is -2.18. The van der Waals surface area contributed by atoms with Gasteiger partial charge in [0.15, 0.2) is 0 Å². The number of hydrogen-bond donors (Lipinski definition) is 2. The van der Waals surface area contributed by atoms with Gasteiger partial charge in [0.1, 0.15) is 5.82 Å². The number of nitrogens with two attached hydrogens (primary N) is 1. The summed E-state index contributed by atoms with van der Waals surface area (Å²) in [5.41, 5.74) is 2.85. The zero-order valence-corrected chi connectivity index (χ0v) is 11.1. The fourth-order valence-corrected chi connectivity index (χ4v) is 1.98. The van der Waals surface area contributed by atoms with Gasteiger partial charge in [-0.25, -0.2) is 9.82 Å². The minimum absolute atomic E-state index is 0.286. The molecule has 0 aliphatic rings. The molecule has 0 aliphatic heterocycles. The number of rotatable bonds is 3. The molecule has 1 atom stereocenters. The molecule has 1 aromatic carbocycles. The van der Waals surface area contributed by atoms with Crippen LogP contribution in [-0.4, -0.2) is 4.98 Å². The standard InChI is InChI=1S/C14H13F4N3/c1-8-2-3-10(7-20-8)13(21-19)9-4-5-11(12(15)6-9)14(16,17)18/h2-7,13,21H,19H2,1H3. The van der Waals surface area contributed by atoms with Crippen LogP contribution in [0, 0.1) is 12.7 Å². The van der Waals surface area contributed by atoms with E-state index in [1.54, 1.807) is 19.1 Å². The van der Waals surface area contributed by atoms with Crippen molar-refractivity contribution in [3.63, 3.8) is 0 Å². The fourth-order valence-electron chi connectivity index (χ4n) is 1.98. The van der Waals surface area contributed by atoms with Gasteiger partial charge >= 0.3 is 6.18 Å². The van der Waals surface area contributed by atoms with E-state index < -0.39 is 23.6 Å². The minimum Gasteiger partial charge on any atom is -0.271 e. The van der Waals surface area contributed by atoms with E-state index in [0.29, 0.717) is 11.6 Å². The fraction of sp³-hybridized carbons (Fsp3) is 0.214. The molecule has 1 heterocycles. The highest BCUT2D eigenvalue weighted by Crippen LogP contribution is 2.33. The lowest BCUT2D eigenvalue weighted by molar-refractivity contribution is -0.140. The molecule has 3 N–H and O–H groups in total. The highest BCUT2D eigenvalue weighted by Gasteiger charge is 2.34. The summed E-state index contributed by atoms with van der Waals surface area (Å²) in [7, 11) is 0. The molecule has 0 saturated carbocycles. The third kappa shape index (κ3) is 3.37. The zero-order valence-electron chi connectivity index (χ0n) is 11.1. The van der Waals surface area contributed by atoms with Crippen LogP contribution in [0.15, 0.2) is 36.5 Å². The number of nitrogens with zero attached hydrogens (tertiary/aromatic N) is 1. The van der Waals surface area contributed by atoms with Crippen molar-refractivity contribution in [1.29, 1.82) is 0 Å². The summed E-state index contributed by atoms with van der Waals surface area (Å²) in [6.45, 7) is 1.80. The Bertz CT molecular complexity index is 623. The van der Waals surface area contributed by atoms with Crippen molar-refractivity contribution in [3.05, 3.63) is 64.7 Å². The molecule has 2 aromatic rings. The molecule has 0 bridgehead atoms. The number of benzene rings is 1. The van der Waals surface area contributed by atoms with Crippen molar-refractivity contribution in [2.24, 2.45) is 5.84 Å². The van der Waals surface area contributed by atoms with Gasteiger partial charge in [-0.3, -0.25) is 10.8 Å². The summed E-state index contributed by atoms with van der Waals surface area (Å²) in [4.78, 5) is 4.08. The van der Waals surface area contributed by atoms with Gasteiger partial charge < -0.3 is 0 Å². The van der Waals surface area contributed by atoms with Gasteiger partial charge in [0, 0.05) is 11.9 Å². The van der Waals surface area contributed by atoms with E-state index in [1.165, 1.54) is 12.3 Å². The molecule has 1 unspecified atom stereocenters. The average Bonchev–Trinajstić information content (AvgIpc) is 2.40. The number of nitrogens with one attached hydrogen (secondary N) is 1. The van der Waals surface area contributed by atoms with Crippen LogP contribution >= 0.6 is 0 Å². The molecule has 0 aliphatic carbocycles. The highest BCUT2D eigenvalue weighted by molar-refractivity contribution is 5.34. The first kappa shape index (κ1) is 15.4. The third-order valence-electron chi connectivity index (χ3n) is 3.07. The molecule has 0 spiro atoms. The molecule has 3 nitrogen and oxygen atoms in total. The second kappa shape index (κ2) is 5.79. The summed E-state index contributed by atoms with van der Waals surface area (Å²) >= 11 is 0. The molecule has 1 aromatic heterocycles. The maximum absolute atomic E-state index is 13.6. The smallest absolute Gasteiger partial charge is 0.271 e. The summed E-state index contributed by atoms with van der Waals surface area (Å²) in [6.07, 6.45) is -3.19. The molecular formula is C14H13F4N3. The summed E-state index contributed by atoms with van der Waals surface area (Å²) in [6, 6.07) is 5.54. The van der Waals surface area contributed by atoms with Crippen LogP contribution in [0.3, 0.4) is 0 Å². The maximum Gasteiger partial charge on any atom is 0.419 e. The van der Waals surface area contributed by atoms with Crippen LogP contribution in [0.4, 0.5) is 17.6 Å². The van der Waals surface area contributed by atoms with Gasteiger partial charge in [0.05, 0.1) is 11.6 Å². The quantitative estimate of drug-likeness (QED) is 0.520. The number of aryl methyl sites for hydroxylation is 1. The van der Waals surface area contributed by atoms with Gasteiger partial charge in [-0.2, -0.15) is 13.2 Å². The summed E-state index contributed by atoms with van der Waals surface area (Å²) in [5, 5.41) is 0. The number of pyridine rings is 1. The maximum atomic E-state index is 13.6. The van der Waals surface area contributed by atoms with Gasteiger partial charge in [0.2, 0.25) is 0 Å². The number of hydrogen-bond acceptors (Lipinski definition) is 3. The van der Waals surface area contributed by atoms with Crippen molar-refractivity contribution in [2.75, 3.05) is 0 Å². The summed E-state index contributed by atoms with van der Waals surface area (Å²) < 4.78 is 51.2. The van der Waals surface area contributed by atoms with E-state index in [1.807, 2.05) is 0 Å². The predicted molar refractivity (Wildman–Crippen MR) is 69.5 cm³/mol. The number of hydrazine groups is 1. The van der Waals surface area contributed by atoms with Crippen LogP contribution in [-0.2, 0) is 6.18 Å². The molecule has 7 heteroatoms. The monoisotopic (exact) mass is 299 g/mol. The van der Waals surface area contributed by atoms with Crippen molar-refractivity contribution < 1.29 is 17.6 Å². The topological polar surface area (TPSA) is 50.9 Å². The second-order valence-electron chi connectivity index (χ2n) is 4.57. The van der Waals surface area contributed by atoms with Crippen LogP contribution < -0.4 is 11.3 Å². The first-order chi connectivity index (χ1) is 9.82. The molecule has 0 fully saturated rings. The van der Waals surface area contributed by atoms with Crippen LogP contribution in [0.1, 0.15) is 28.4 Å². The highest BCUT2D eigenvalue weighted by atomic mass is 19.4. The van der Waals surface area contributed by atoms with E-state index in [0.717, 1.165) is 11.8 Å². The molecule has 0 saturated heterocycles. The number of aromatic nitrogens is 1. The molecule has 112 valence electrons. The Morgan fingerprint density at radius 1 is 1.14 bits per heavy atom. The van der Waals surface area contributed by atoms with Crippen LogP contribution in [0.5, 0.6) is 0 Å². The Labute approximate surface area is 118 Å². The van der Waals surface area contributed by atoms with Gasteiger partial charge in [-0.15, -0.1) is 0 Å². The Balaban J connectivity index is 2.40. The predicted octanol–water partition coefficient (Wildman–Crippen LogP) is 3.10. The van der Waals surface area contributed by atoms with Crippen LogP contribution in [0.25, 0.3) is 0 Å². The first-order valence-corrected chi connectivity index (χ1v) is 6.08. The SMILES string of the molecule is Cc1ccc(C(NN)c2ccc(C(F)(F)F)c(F)c2)cn1. The van der Waals surface area contributed by atoms with Gasteiger partial charge in [-0.05, 0) is 36.2 Å². The Kier molecular flexibility index (Phi) is 4.24. The number of alkyl halides is 3. The second-order valence-corrected chi connectivity index (χ2v) is 4.57. The molecule has 0 amide bonds. The minimum atomic E-state index is -4.72. The molecule has 2 rings (SSSR count). The average molecular weight is 299 g/mol. The van der Waals surface area contributed by atoms with E-state index >= 15 is 0 Å². The normalized spacial score (nSPS) is 13.2. The molecule has 21 heavy (non-hydrogen) atoms. The molecule has 0 radical (unpaired) electrons. The van der Waals surface area contributed by atoms with Gasteiger partial charge in [-0.1, -0.05) is 12.1 Å². The lowest BCUT2D eigenvalue weighted by atomic mass is 9.99. The Morgan fingerprint density at radius 3 is 2.29 bits per heavy atom. The van der Waals surface area contributed by atoms with E-state index in [9.17, 15) is 17.6 Å². The lowest BCUT2D eigenvalue weighted by Crippen LogP contribution is -2.29. The van der Waals surface area contributed by atoms with Crippen molar-refractivity contribution in [2.45, 2.75) is 19.1 Å². The van der Waals surface area contributed by atoms with Crippen molar-refractivity contribution >= 4 is 0 Å². The van der Waals surface area contributed by atoms with E-state index in [2.05, 4.69) is 10.4 Å². The van der Waals surface area contributed by atoms with Crippen LogP contribution in [0.2, 0.25) is 0 Å². The molecular weight excluding hydrogens is 286 g/mol. The summed E-state index contributed by atoms with van der Waals surface area (Å²) in [5.74, 6) is 4.09.